The van der Waals surface area contributed by atoms with Crippen LogP contribution in [0.5, 0.6) is 0 Å². The number of rotatable bonds is 2. The molecule has 0 bridgehead atoms. The van der Waals surface area contributed by atoms with Crippen LogP contribution in [0, 0.1) is 0 Å². The van der Waals surface area contributed by atoms with Gasteiger partial charge in [-0.3, -0.25) is 0 Å². The molecule has 4 nitrogen and oxygen atoms in total. The van der Waals surface area contributed by atoms with Gasteiger partial charge in [-0.2, -0.15) is 5.10 Å². The molecule has 1 fully saturated rings. The van der Waals surface area contributed by atoms with Crippen LogP contribution in [0.25, 0.3) is 5.65 Å². The summed E-state index contributed by atoms with van der Waals surface area (Å²) in [6.07, 6.45) is 6.00. The summed E-state index contributed by atoms with van der Waals surface area (Å²) in [5.74, 6) is 0. The van der Waals surface area contributed by atoms with E-state index in [1.807, 2.05) is 16.8 Å². The molecule has 15 heavy (non-hydrogen) atoms. The van der Waals surface area contributed by atoms with Gasteiger partial charge in [-0.1, -0.05) is 0 Å². The molecule has 0 aliphatic heterocycles. The summed E-state index contributed by atoms with van der Waals surface area (Å²) < 4.78 is 1.82. The molecule has 78 valence electrons. The number of hydrogen-bond donors (Lipinski definition) is 1. The van der Waals surface area contributed by atoms with E-state index < -0.39 is 0 Å². The third-order valence-corrected chi connectivity index (χ3v) is 3.41. The SMILES string of the molecule is CC(N)C1(c2cc3ncccn3n2)CC1. The molecule has 1 aliphatic rings. The maximum atomic E-state index is 6.02. The monoisotopic (exact) mass is 202 g/mol. The zero-order valence-corrected chi connectivity index (χ0v) is 8.72. The van der Waals surface area contributed by atoms with Gasteiger partial charge in [0.05, 0.1) is 5.69 Å². The van der Waals surface area contributed by atoms with E-state index in [0.29, 0.717) is 0 Å². The molecule has 2 aromatic heterocycles. The second-order valence-corrected chi connectivity index (χ2v) is 4.40. The summed E-state index contributed by atoms with van der Waals surface area (Å²) in [5, 5.41) is 4.54. The first-order valence-electron chi connectivity index (χ1n) is 5.29. The standard InChI is InChI=1S/C11H14N4/c1-8(12)11(3-4-11)9-7-10-13-5-2-6-15(10)14-9/h2,5-8H,3-4,12H2,1H3. The van der Waals surface area contributed by atoms with Crippen LogP contribution in [0.2, 0.25) is 0 Å². The number of nitrogens with two attached hydrogens (primary N) is 1. The van der Waals surface area contributed by atoms with E-state index in [1.54, 1.807) is 6.20 Å². The van der Waals surface area contributed by atoms with Gasteiger partial charge < -0.3 is 5.73 Å². The van der Waals surface area contributed by atoms with E-state index >= 15 is 0 Å². The van der Waals surface area contributed by atoms with Crippen LogP contribution in [0.4, 0.5) is 0 Å². The Labute approximate surface area is 88.1 Å². The lowest BCUT2D eigenvalue weighted by molar-refractivity contribution is 0.538. The molecule has 2 N–H and O–H groups in total. The van der Waals surface area contributed by atoms with Crippen LogP contribution in [-0.2, 0) is 5.41 Å². The van der Waals surface area contributed by atoms with Crippen LogP contribution in [0.15, 0.2) is 24.5 Å². The molecule has 2 heterocycles. The van der Waals surface area contributed by atoms with Crippen molar-refractivity contribution in [2.24, 2.45) is 5.73 Å². The van der Waals surface area contributed by atoms with Crippen molar-refractivity contribution in [3.8, 4) is 0 Å². The van der Waals surface area contributed by atoms with Gasteiger partial charge >= 0.3 is 0 Å². The largest absolute Gasteiger partial charge is 0.327 e. The predicted molar refractivity (Wildman–Crippen MR) is 57.5 cm³/mol. The summed E-state index contributed by atoms with van der Waals surface area (Å²) in [7, 11) is 0. The summed E-state index contributed by atoms with van der Waals surface area (Å²) >= 11 is 0. The number of hydrogen-bond acceptors (Lipinski definition) is 3. The number of nitrogens with zero attached hydrogens (tertiary/aromatic N) is 3. The Morgan fingerprint density at radius 1 is 1.53 bits per heavy atom. The normalized spacial score (nSPS) is 20.4. The molecule has 1 atom stereocenters. The van der Waals surface area contributed by atoms with Crippen molar-refractivity contribution in [2.75, 3.05) is 0 Å². The Balaban J connectivity index is 2.13. The average Bonchev–Trinajstić information content (AvgIpc) is 2.93. The topological polar surface area (TPSA) is 56.2 Å². The van der Waals surface area contributed by atoms with Gasteiger partial charge in [-0.15, -0.1) is 0 Å². The number of fused-ring (bicyclic) bond motifs is 1. The number of aromatic nitrogens is 3. The second-order valence-electron chi connectivity index (χ2n) is 4.40. The van der Waals surface area contributed by atoms with Crippen molar-refractivity contribution in [1.29, 1.82) is 0 Å². The van der Waals surface area contributed by atoms with Gasteiger partial charge in [0.1, 0.15) is 0 Å². The molecule has 3 rings (SSSR count). The van der Waals surface area contributed by atoms with Crippen molar-refractivity contribution in [3.05, 3.63) is 30.2 Å². The fraction of sp³-hybridized carbons (Fsp3) is 0.455. The third-order valence-electron chi connectivity index (χ3n) is 3.41. The van der Waals surface area contributed by atoms with E-state index in [2.05, 4.69) is 23.1 Å². The van der Waals surface area contributed by atoms with Crippen LogP contribution in [0.1, 0.15) is 25.5 Å². The van der Waals surface area contributed by atoms with E-state index in [9.17, 15) is 0 Å². The van der Waals surface area contributed by atoms with Crippen LogP contribution >= 0.6 is 0 Å². The van der Waals surface area contributed by atoms with Gasteiger partial charge in [0.2, 0.25) is 0 Å². The molecule has 0 spiro atoms. The lowest BCUT2D eigenvalue weighted by Crippen LogP contribution is -2.31. The van der Waals surface area contributed by atoms with Crippen molar-refractivity contribution in [2.45, 2.75) is 31.2 Å². The lowest BCUT2D eigenvalue weighted by Gasteiger charge is -2.15. The molecule has 1 aliphatic carbocycles. The van der Waals surface area contributed by atoms with E-state index in [1.165, 1.54) is 0 Å². The molecule has 1 unspecified atom stereocenters. The molecule has 2 aromatic rings. The minimum absolute atomic E-state index is 0.119. The van der Waals surface area contributed by atoms with Crippen LogP contribution in [-0.4, -0.2) is 20.6 Å². The molecule has 0 aromatic carbocycles. The zero-order chi connectivity index (χ0) is 10.5. The minimum Gasteiger partial charge on any atom is -0.327 e. The Bertz CT molecular complexity index is 463. The fourth-order valence-electron chi connectivity index (χ4n) is 2.15. The summed E-state index contributed by atoms with van der Waals surface area (Å²) in [5.41, 5.74) is 8.13. The average molecular weight is 202 g/mol. The van der Waals surface area contributed by atoms with Crippen molar-refractivity contribution in [3.63, 3.8) is 0 Å². The lowest BCUT2D eigenvalue weighted by atomic mass is 9.95. The van der Waals surface area contributed by atoms with Gasteiger partial charge in [-0.05, 0) is 25.8 Å². The first kappa shape index (κ1) is 8.85. The summed E-state index contributed by atoms with van der Waals surface area (Å²) in [4.78, 5) is 4.26. The Kier molecular flexibility index (Phi) is 1.65. The third kappa shape index (κ3) is 1.18. The Morgan fingerprint density at radius 3 is 2.93 bits per heavy atom. The fourth-order valence-corrected chi connectivity index (χ4v) is 2.15. The molecule has 0 saturated heterocycles. The smallest absolute Gasteiger partial charge is 0.155 e. The molecule has 1 saturated carbocycles. The molecule has 0 radical (unpaired) electrons. The molecule has 4 heteroatoms. The Hall–Kier alpha value is -1.42. The van der Waals surface area contributed by atoms with Gasteiger partial charge in [0.15, 0.2) is 5.65 Å². The minimum atomic E-state index is 0.119. The van der Waals surface area contributed by atoms with Crippen molar-refractivity contribution in [1.82, 2.24) is 14.6 Å². The maximum Gasteiger partial charge on any atom is 0.155 e. The first-order chi connectivity index (χ1) is 7.22. The van der Waals surface area contributed by atoms with Crippen LogP contribution in [0.3, 0.4) is 0 Å². The highest BCUT2D eigenvalue weighted by atomic mass is 15.3. The summed E-state index contributed by atoms with van der Waals surface area (Å²) in [6.45, 7) is 2.06. The quantitative estimate of drug-likeness (QED) is 0.793. The maximum absolute atomic E-state index is 6.02. The highest BCUT2D eigenvalue weighted by Crippen LogP contribution is 2.49. The van der Waals surface area contributed by atoms with E-state index in [4.69, 9.17) is 5.73 Å². The van der Waals surface area contributed by atoms with Gasteiger partial charge in [0.25, 0.3) is 0 Å². The van der Waals surface area contributed by atoms with E-state index in [-0.39, 0.29) is 11.5 Å². The first-order valence-corrected chi connectivity index (χ1v) is 5.29. The molecular formula is C11H14N4. The highest BCUT2D eigenvalue weighted by molar-refractivity contribution is 5.43. The Morgan fingerprint density at radius 2 is 2.33 bits per heavy atom. The van der Waals surface area contributed by atoms with Gasteiger partial charge in [0, 0.05) is 29.9 Å². The van der Waals surface area contributed by atoms with Crippen LogP contribution < -0.4 is 5.73 Å². The molecular weight excluding hydrogens is 188 g/mol. The predicted octanol–water partition coefficient (Wildman–Crippen LogP) is 1.11. The second kappa shape index (κ2) is 2.79. The van der Waals surface area contributed by atoms with Crippen molar-refractivity contribution < 1.29 is 0 Å². The zero-order valence-electron chi connectivity index (χ0n) is 8.72. The van der Waals surface area contributed by atoms with E-state index in [0.717, 1.165) is 24.2 Å². The highest BCUT2D eigenvalue weighted by Gasteiger charge is 2.49. The van der Waals surface area contributed by atoms with Gasteiger partial charge in [-0.25, -0.2) is 9.50 Å². The van der Waals surface area contributed by atoms with Crippen molar-refractivity contribution >= 4 is 5.65 Å². The summed E-state index contributed by atoms with van der Waals surface area (Å²) in [6, 6.07) is 4.10. The molecule has 0 amide bonds.